The molecule has 0 aromatic heterocycles. The number of alkyl halides is 3. The molecule has 2 N–H and O–H groups in total. The van der Waals surface area contributed by atoms with E-state index < -0.39 is 6.36 Å². The van der Waals surface area contributed by atoms with Crippen LogP contribution in [0.25, 0.3) is 6.08 Å². The van der Waals surface area contributed by atoms with E-state index in [9.17, 15) is 13.2 Å². The van der Waals surface area contributed by atoms with Crippen LogP contribution in [0.5, 0.6) is 5.75 Å². The molecule has 11 heteroatoms. The summed E-state index contributed by atoms with van der Waals surface area (Å²) in [5.41, 5.74) is 5.83. The molecule has 1 heterocycles. The van der Waals surface area contributed by atoms with Crippen LogP contribution in [0.1, 0.15) is 30.5 Å². The van der Waals surface area contributed by atoms with E-state index >= 15 is 0 Å². The number of amidine groups is 1. The number of nitrogens with zero attached hydrogens (tertiary/aromatic N) is 5. The van der Waals surface area contributed by atoms with Gasteiger partial charge in [-0.1, -0.05) is 65.9 Å². The Morgan fingerprint density at radius 2 is 1.77 bits per heavy atom. The highest BCUT2D eigenvalue weighted by Gasteiger charge is 2.31. The van der Waals surface area contributed by atoms with Crippen LogP contribution >= 0.6 is 11.8 Å². The number of benzene rings is 3. The third kappa shape index (κ3) is 8.45. The largest absolute Gasteiger partial charge is 0.573 e. The normalized spacial score (nSPS) is 14.8. The molecular weight excluding hydrogens is 537 g/mol. The van der Waals surface area contributed by atoms with Gasteiger partial charge in [0.15, 0.2) is 5.17 Å². The van der Waals surface area contributed by atoms with E-state index in [1.54, 1.807) is 18.0 Å². The summed E-state index contributed by atoms with van der Waals surface area (Å²) >= 11 is 1.68. The zero-order valence-corrected chi connectivity index (χ0v) is 22.9. The van der Waals surface area contributed by atoms with Crippen molar-refractivity contribution in [2.75, 3.05) is 22.2 Å². The summed E-state index contributed by atoms with van der Waals surface area (Å²) in [5, 5.41) is 10.9. The number of hydrogen-bond acceptors (Lipinski definition) is 6. The molecule has 1 aliphatic rings. The van der Waals surface area contributed by atoms with Gasteiger partial charge in [0.05, 0.1) is 24.1 Å². The zero-order chi connectivity index (χ0) is 28.5. The van der Waals surface area contributed by atoms with Gasteiger partial charge in [-0.05, 0) is 60.9 Å². The van der Waals surface area contributed by atoms with Crippen LogP contribution in [-0.4, -0.2) is 36.4 Å². The molecule has 208 valence electrons. The lowest BCUT2D eigenvalue weighted by Gasteiger charge is -2.19. The Kier molecular flexibility index (Phi) is 9.62. The van der Waals surface area contributed by atoms with Gasteiger partial charge in [0, 0.05) is 12.3 Å². The number of aliphatic imine (C=N–C) groups is 1. The van der Waals surface area contributed by atoms with Gasteiger partial charge in [-0.15, -0.1) is 18.3 Å². The van der Waals surface area contributed by atoms with Crippen molar-refractivity contribution in [3.63, 3.8) is 0 Å². The second-order valence-electron chi connectivity index (χ2n) is 9.05. The summed E-state index contributed by atoms with van der Waals surface area (Å²) in [6.07, 6.45) is 0.553. The molecule has 1 aliphatic heterocycles. The number of hydrazine groups is 1. The SMILES string of the molecule is CC(C)=Cc1ccccc1N1CCS/C1=N\N=C\c1ccc(CN=CN(N)c2ccc(OC(F)(F)F)cc2)cc1. The Bertz CT molecular complexity index is 1400. The quantitative estimate of drug-likeness (QED) is 0.133. The van der Waals surface area contributed by atoms with E-state index in [1.807, 2.05) is 36.4 Å². The zero-order valence-electron chi connectivity index (χ0n) is 22.0. The maximum atomic E-state index is 12.3. The molecule has 0 bridgehead atoms. The Morgan fingerprint density at radius 1 is 1.05 bits per heavy atom. The van der Waals surface area contributed by atoms with Gasteiger partial charge in [0.1, 0.15) is 12.1 Å². The van der Waals surface area contributed by atoms with E-state index in [1.165, 1.54) is 41.2 Å². The molecular formula is C29H29F3N6OS. The van der Waals surface area contributed by atoms with Gasteiger partial charge in [-0.25, -0.2) is 5.84 Å². The van der Waals surface area contributed by atoms with Crippen molar-refractivity contribution in [2.24, 2.45) is 21.0 Å². The number of nitrogens with two attached hydrogens (primary N) is 1. The van der Waals surface area contributed by atoms with Crippen LogP contribution in [0.3, 0.4) is 0 Å². The van der Waals surface area contributed by atoms with E-state index in [0.29, 0.717) is 12.2 Å². The Morgan fingerprint density at radius 3 is 2.48 bits per heavy atom. The standard InChI is InChI=1S/C29H29F3N6OS/c1-21(2)17-24-5-3-4-6-27(24)37-15-16-40-28(37)36-35-19-23-9-7-22(8-10-23)18-34-20-38(33)25-11-13-26(14-12-25)39-29(30,31)32/h3-14,17,19-20H,15-16,18,33H2,1-2H3/b34-20?,35-19+,36-28-. The molecule has 0 spiro atoms. The lowest BCUT2D eigenvalue weighted by Crippen LogP contribution is -2.29. The summed E-state index contributed by atoms with van der Waals surface area (Å²) < 4.78 is 40.8. The predicted molar refractivity (Wildman–Crippen MR) is 159 cm³/mol. The van der Waals surface area contributed by atoms with E-state index in [2.05, 4.69) is 56.9 Å². The van der Waals surface area contributed by atoms with Crippen LogP contribution in [0, 0.1) is 0 Å². The Balaban J connectivity index is 1.33. The van der Waals surface area contributed by atoms with Gasteiger partial charge >= 0.3 is 6.36 Å². The van der Waals surface area contributed by atoms with Crippen molar-refractivity contribution < 1.29 is 17.9 Å². The van der Waals surface area contributed by atoms with Crippen molar-refractivity contribution in [2.45, 2.75) is 26.8 Å². The van der Waals surface area contributed by atoms with Crippen molar-refractivity contribution >= 4 is 46.9 Å². The van der Waals surface area contributed by atoms with Crippen molar-refractivity contribution in [3.8, 4) is 5.75 Å². The molecule has 4 rings (SSSR count). The molecule has 7 nitrogen and oxygen atoms in total. The number of para-hydroxylation sites is 1. The van der Waals surface area contributed by atoms with E-state index in [0.717, 1.165) is 39.8 Å². The topological polar surface area (TPSA) is 78.8 Å². The highest BCUT2D eigenvalue weighted by Crippen LogP contribution is 2.30. The fourth-order valence-corrected chi connectivity index (χ4v) is 4.76. The van der Waals surface area contributed by atoms with Gasteiger partial charge in [0.25, 0.3) is 0 Å². The van der Waals surface area contributed by atoms with Crippen molar-refractivity contribution in [1.82, 2.24) is 0 Å². The average molecular weight is 567 g/mol. The van der Waals surface area contributed by atoms with Crippen LogP contribution < -0.4 is 20.5 Å². The molecule has 40 heavy (non-hydrogen) atoms. The predicted octanol–water partition coefficient (Wildman–Crippen LogP) is 6.86. The van der Waals surface area contributed by atoms with E-state index in [-0.39, 0.29) is 5.75 Å². The van der Waals surface area contributed by atoms with Crippen LogP contribution in [0.2, 0.25) is 0 Å². The number of allylic oxidation sites excluding steroid dienone is 1. The number of anilines is 2. The summed E-state index contributed by atoms with van der Waals surface area (Å²) in [4.78, 5) is 6.50. The van der Waals surface area contributed by atoms with Crippen LogP contribution in [-0.2, 0) is 6.54 Å². The lowest BCUT2D eigenvalue weighted by atomic mass is 10.1. The van der Waals surface area contributed by atoms with Gasteiger partial charge in [-0.3, -0.25) is 10.0 Å². The second-order valence-corrected chi connectivity index (χ2v) is 10.1. The molecule has 0 saturated carbocycles. The number of hydrogen-bond donors (Lipinski definition) is 1. The fourth-order valence-electron chi connectivity index (χ4n) is 3.85. The molecule has 0 atom stereocenters. The van der Waals surface area contributed by atoms with Crippen LogP contribution in [0.4, 0.5) is 24.5 Å². The van der Waals surface area contributed by atoms with Gasteiger partial charge in [-0.2, -0.15) is 5.10 Å². The molecule has 0 amide bonds. The lowest BCUT2D eigenvalue weighted by molar-refractivity contribution is -0.274. The minimum atomic E-state index is -4.74. The minimum absolute atomic E-state index is 0.319. The number of rotatable bonds is 9. The minimum Gasteiger partial charge on any atom is -0.406 e. The molecule has 1 saturated heterocycles. The molecule has 0 aliphatic carbocycles. The molecule has 1 fully saturated rings. The first-order valence-corrected chi connectivity index (χ1v) is 13.4. The first-order chi connectivity index (χ1) is 19.2. The molecule has 3 aromatic carbocycles. The third-order valence-electron chi connectivity index (χ3n) is 5.63. The van der Waals surface area contributed by atoms with Gasteiger partial charge in [0.2, 0.25) is 0 Å². The Hall–Kier alpha value is -4.09. The number of ether oxygens (including phenoxy) is 1. The van der Waals surface area contributed by atoms with Crippen molar-refractivity contribution in [3.05, 3.63) is 95.1 Å². The fraction of sp³-hybridized carbons (Fsp3) is 0.207. The van der Waals surface area contributed by atoms with Crippen LogP contribution in [0.15, 0.2) is 93.6 Å². The first kappa shape index (κ1) is 28.9. The summed E-state index contributed by atoms with van der Waals surface area (Å²) in [5.74, 6) is 6.56. The highest BCUT2D eigenvalue weighted by molar-refractivity contribution is 8.14. The molecule has 0 unspecified atom stereocenters. The maximum Gasteiger partial charge on any atom is 0.573 e. The molecule has 0 radical (unpaired) electrons. The van der Waals surface area contributed by atoms with Crippen molar-refractivity contribution in [1.29, 1.82) is 0 Å². The molecule has 3 aromatic rings. The first-order valence-electron chi connectivity index (χ1n) is 12.4. The summed E-state index contributed by atoms with van der Waals surface area (Å²) in [6, 6.07) is 21.2. The third-order valence-corrected chi connectivity index (χ3v) is 6.57. The monoisotopic (exact) mass is 566 g/mol. The smallest absolute Gasteiger partial charge is 0.406 e. The number of thioether (sulfide) groups is 1. The summed E-state index contributed by atoms with van der Waals surface area (Å²) in [7, 11) is 0. The maximum absolute atomic E-state index is 12.3. The summed E-state index contributed by atoms with van der Waals surface area (Å²) in [6.45, 7) is 5.42. The highest BCUT2D eigenvalue weighted by atomic mass is 32.2. The Labute approximate surface area is 235 Å². The number of halogens is 3. The van der Waals surface area contributed by atoms with E-state index in [4.69, 9.17) is 5.84 Å². The van der Waals surface area contributed by atoms with Gasteiger partial charge < -0.3 is 9.64 Å². The second kappa shape index (κ2) is 13.3. The average Bonchev–Trinajstić information content (AvgIpc) is 3.37.